The first-order valence-corrected chi connectivity index (χ1v) is 9.75. The van der Waals surface area contributed by atoms with Crippen molar-refractivity contribution in [1.82, 2.24) is 0 Å². The fraction of sp³-hybridized carbons (Fsp3) is 0.300. The number of amides is 1. The van der Waals surface area contributed by atoms with Gasteiger partial charge in [0.15, 0.2) is 6.10 Å². The van der Waals surface area contributed by atoms with Crippen LogP contribution in [0.3, 0.4) is 0 Å². The summed E-state index contributed by atoms with van der Waals surface area (Å²) in [6.07, 6.45) is -0.104. The number of fused-ring (bicyclic) bond motifs is 1. The molecule has 1 aliphatic heterocycles. The third-order valence-corrected chi connectivity index (χ3v) is 5.58. The van der Waals surface area contributed by atoms with Crippen molar-refractivity contribution >= 4 is 35.0 Å². The molecule has 0 saturated heterocycles. The van der Waals surface area contributed by atoms with E-state index in [-0.39, 0.29) is 11.6 Å². The Hall–Kier alpha value is -2.87. The van der Waals surface area contributed by atoms with Crippen LogP contribution in [0.5, 0.6) is 0 Å². The number of nitro groups is 1. The smallest absolute Gasteiger partial charge is 0.319 e. The maximum atomic E-state index is 12.7. The lowest BCUT2D eigenvalue weighted by molar-refractivity contribution is -0.384. The Kier molecular flexibility index (Phi) is 5.99. The van der Waals surface area contributed by atoms with Crippen LogP contribution in [-0.4, -0.2) is 34.7 Å². The lowest BCUT2D eigenvalue weighted by atomic mass is 10.2. The zero-order chi connectivity index (χ0) is 20.3. The van der Waals surface area contributed by atoms with E-state index in [1.165, 1.54) is 23.9 Å². The molecule has 0 spiro atoms. The summed E-state index contributed by atoms with van der Waals surface area (Å²) in [4.78, 5) is 37.7. The number of hydrogen-bond donors (Lipinski definition) is 0. The van der Waals surface area contributed by atoms with E-state index in [9.17, 15) is 19.7 Å². The highest BCUT2D eigenvalue weighted by Crippen LogP contribution is 2.29. The minimum absolute atomic E-state index is 0.00954. The van der Waals surface area contributed by atoms with Crippen molar-refractivity contribution < 1.29 is 19.2 Å². The highest BCUT2D eigenvalue weighted by Gasteiger charge is 2.30. The van der Waals surface area contributed by atoms with Crippen LogP contribution in [0.4, 0.5) is 11.4 Å². The van der Waals surface area contributed by atoms with Crippen LogP contribution in [-0.2, 0) is 20.7 Å². The molecule has 2 aromatic rings. The van der Waals surface area contributed by atoms with Crippen molar-refractivity contribution in [1.29, 1.82) is 0 Å². The van der Waals surface area contributed by atoms with E-state index in [1.807, 2.05) is 24.3 Å². The van der Waals surface area contributed by atoms with Crippen molar-refractivity contribution in [2.45, 2.75) is 36.5 Å². The van der Waals surface area contributed by atoms with Gasteiger partial charge in [-0.15, -0.1) is 11.8 Å². The van der Waals surface area contributed by atoms with Gasteiger partial charge in [0.1, 0.15) is 5.25 Å². The van der Waals surface area contributed by atoms with Gasteiger partial charge in [-0.1, -0.05) is 18.2 Å². The van der Waals surface area contributed by atoms with Gasteiger partial charge in [-0.3, -0.25) is 19.7 Å². The number of carbonyl (C=O) groups excluding carboxylic acids is 2. The second-order valence-electron chi connectivity index (χ2n) is 6.46. The third kappa shape index (κ3) is 4.33. The summed E-state index contributed by atoms with van der Waals surface area (Å²) < 4.78 is 5.38. The van der Waals surface area contributed by atoms with Crippen molar-refractivity contribution in [2.75, 3.05) is 11.4 Å². The van der Waals surface area contributed by atoms with Gasteiger partial charge in [0, 0.05) is 29.3 Å². The van der Waals surface area contributed by atoms with Crippen LogP contribution in [0, 0.1) is 10.1 Å². The van der Waals surface area contributed by atoms with Crippen molar-refractivity contribution in [3.63, 3.8) is 0 Å². The van der Waals surface area contributed by atoms with Gasteiger partial charge in [0.25, 0.3) is 11.6 Å². The number of nitro benzene ring substituents is 1. The molecule has 8 heteroatoms. The van der Waals surface area contributed by atoms with Crippen LogP contribution in [0.1, 0.15) is 19.4 Å². The van der Waals surface area contributed by atoms with Crippen molar-refractivity contribution in [3.05, 3.63) is 64.2 Å². The van der Waals surface area contributed by atoms with E-state index >= 15 is 0 Å². The Morgan fingerprint density at radius 3 is 2.50 bits per heavy atom. The number of nitrogens with zero attached hydrogens (tertiary/aromatic N) is 2. The van der Waals surface area contributed by atoms with E-state index in [2.05, 4.69) is 0 Å². The Labute approximate surface area is 166 Å². The summed E-state index contributed by atoms with van der Waals surface area (Å²) in [7, 11) is 0. The van der Waals surface area contributed by atoms with E-state index in [0.29, 0.717) is 11.4 Å². The molecular formula is C20H20N2O5S. The molecule has 3 rings (SSSR count). The number of non-ortho nitro benzene ring substituents is 1. The summed E-state index contributed by atoms with van der Waals surface area (Å²) >= 11 is 1.22. The van der Waals surface area contributed by atoms with Gasteiger partial charge >= 0.3 is 5.97 Å². The van der Waals surface area contributed by atoms with Crippen LogP contribution in [0.2, 0.25) is 0 Å². The van der Waals surface area contributed by atoms with Gasteiger partial charge in [-0.25, -0.2) is 0 Å². The molecular weight excluding hydrogens is 380 g/mol. The molecule has 0 saturated carbocycles. The lowest BCUT2D eigenvalue weighted by Crippen LogP contribution is -2.40. The standard InChI is InChI=1S/C20H20N2O5S/c1-13(19(23)21-12-11-15-5-3-4-6-18(15)21)27-20(24)14(2)28-17-9-7-16(8-10-17)22(25)26/h3-10,13-14H,11-12H2,1-2H3/t13-,14+/m0/s1. The summed E-state index contributed by atoms with van der Waals surface area (Å²) in [6, 6.07) is 13.6. The molecule has 1 heterocycles. The molecule has 0 bridgehead atoms. The largest absolute Gasteiger partial charge is 0.452 e. The van der Waals surface area contributed by atoms with Crippen molar-refractivity contribution in [3.8, 4) is 0 Å². The number of benzene rings is 2. The fourth-order valence-corrected chi connectivity index (χ4v) is 3.86. The van der Waals surface area contributed by atoms with Gasteiger partial charge in [0.05, 0.1) is 4.92 Å². The highest BCUT2D eigenvalue weighted by atomic mass is 32.2. The Morgan fingerprint density at radius 1 is 1.14 bits per heavy atom. The molecule has 0 radical (unpaired) electrons. The molecule has 7 nitrogen and oxygen atoms in total. The van der Waals surface area contributed by atoms with Crippen LogP contribution in [0.15, 0.2) is 53.4 Å². The number of hydrogen-bond acceptors (Lipinski definition) is 6. The zero-order valence-electron chi connectivity index (χ0n) is 15.5. The first kappa shape index (κ1) is 19.9. The lowest BCUT2D eigenvalue weighted by Gasteiger charge is -2.22. The normalized spacial score (nSPS) is 14.9. The fourth-order valence-electron chi connectivity index (χ4n) is 3.01. The van der Waals surface area contributed by atoms with Crippen LogP contribution >= 0.6 is 11.8 Å². The van der Waals surface area contributed by atoms with E-state index in [1.54, 1.807) is 30.9 Å². The van der Waals surface area contributed by atoms with Gasteiger partial charge in [0.2, 0.25) is 0 Å². The topological polar surface area (TPSA) is 89.7 Å². The van der Waals surface area contributed by atoms with E-state index in [0.717, 1.165) is 17.7 Å². The number of carbonyl (C=O) groups is 2. The summed E-state index contributed by atoms with van der Waals surface area (Å²) in [5, 5.41) is 10.1. The third-order valence-electron chi connectivity index (χ3n) is 4.49. The molecule has 0 fully saturated rings. The summed E-state index contributed by atoms with van der Waals surface area (Å²) in [5.41, 5.74) is 1.96. The number of esters is 1. The first-order valence-electron chi connectivity index (χ1n) is 8.87. The van der Waals surface area contributed by atoms with E-state index in [4.69, 9.17) is 4.74 Å². The predicted octanol–water partition coefficient (Wildman–Crippen LogP) is 3.60. The van der Waals surface area contributed by atoms with Gasteiger partial charge in [-0.2, -0.15) is 0 Å². The van der Waals surface area contributed by atoms with E-state index < -0.39 is 22.2 Å². The molecule has 0 N–H and O–H groups in total. The Morgan fingerprint density at radius 2 is 1.82 bits per heavy atom. The monoisotopic (exact) mass is 400 g/mol. The maximum Gasteiger partial charge on any atom is 0.319 e. The first-order chi connectivity index (χ1) is 13.4. The molecule has 2 aromatic carbocycles. The summed E-state index contributed by atoms with van der Waals surface area (Å²) in [6.45, 7) is 3.83. The SMILES string of the molecule is C[C@H](OC(=O)[C@@H](C)Sc1ccc([N+](=O)[O-])cc1)C(=O)N1CCc2ccccc21. The average molecular weight is 400 g/mol. The number of thioether (sulfide) groups is 1. The molecule has 0 unspecified atom stereocenters. The van der Waals surface area contributed by atoms with Gasteiger partial charge < -0.3 is 9.64 Å². The average Bonchev–Trinajstić information content (AvgIpc) is 3.11. The number of para-hydroxylation sites is 1. The second-order valence-corrected chi connectivity index (χ2v) is 7.87. The van der Waals surface area contributed by atoms with Crippen LogP contribution < -0.4 is 4.90 Å². The van der Waals surface area contributed by atoms with Gasteiger partial charge in [-0.05, 0) is 44.0 Å². The minimum atomic E-state index is -0.890. The minimum Gasteiger partial charge on any atom is -0.452 e. The molecule has 2 atom stereocenters. The second kappa shape index (κ2) is 8.43. The number of ether oxygens (including phenoxy) is 1. The van der Waals surface area contributed by atoms with Crippen LogP contribution in [0.25, 0.3) is 0 Å². The number of anilines is 1. The molecule has 0 aliphatic carbocycles. The Balaban J connectivity index is 1.57. The number of rotatable bonds is 6. The highest BCUT2D eigenvalue weighted by molar-refractivity contribution is 8.00. The molecule has 0 aromatic heterocycles. The molecule has 1 aliphatic rings. The Bertz CT molecular complexity index is 900. The van der Waals surface area contributed by atoms with Crippen molar-refractivity contribution in [2.24, 2.45) is 0 Å². The molecule has 146 valence electrons. The summed E-state index contributed by atoms with van der Waals surface area (Å²) in [5.74, 6) is -0.748. The maximum absolute atomic E-state index is 12.7. The predicted molar refractivity (Wildman–Crippen MR) is 106 cm³/mol. The quantitative estimate of drug-likeness (QED) is 0.319. The molecule has 1 amide bonds. The zero-order valence-corrected chi connectivity index (χ0v) is 16.3. The molecule has 28 heavy (non-hydrogen) atoms.